The van der Waals surface area contributed by atoms with Crippen LogP contribution in [0.15, 0.2) is 6.33 Å². The van der Waals surface area contributed by atoms with Crippen molar-refractivity contribution in [2.75, 3.05) is 14.2 Å². The lowest BCUT2D eigenvalue weighted by Crippen LogP contribution is -2.28. The third kappa shape index (κ3) is 2.44. The average molecular weight is 235 g/mol. The fraction of sp³-hybridized carbons (Fsp3) is 0.583. The first-order chi connectivity index (χ1) is 8.24. The number of rotatable bonds is 2. The number of nitrogens with zero attached hydrogens (tertiary/aromatic N) is 3. The van der Waals surface area contributed by atoms with Gasteiger partial charge >= 0.3 is 0 Å². The summed E-state index contributed by atoms with van der Waals surface area (Å²) in [4.78, 5) is 25.4. The molecule has 1 aliphatic rings. The number of hydrogen-bond donors (Lipinski definition) is 0. The standard InChI is InChI=1S/C12H17N3O2/c1-15(17-2)12(16)11-9-6-4-3-5-7-10(9)13-8-14-11/h8H,3-7H2,1-2H3. The highest BCUT2D eigenvalue weighted by Gasteiger charge is 2.21. The van der Waals surface area contributed by atoms with E-state index >= 15 is 0 Å². The molecule has 1 aliphatic carbocycles. The summed E-state index contributed by atoms with van der Waals surface area (Å²) in [5.74, 6) is -0.201. The minimum Gasteiger partial charge on any atom is -0.274 e. The molecule has 0 radical (unpaired) electrons. The molecule has 0 spiro atoms. The Bertz CT molecular complexity index is 420. The zero-order chi connectivity index (χ0) is 12.3. The van der Waals surface area contributed by atoms with E-state index in [1.165, 1.54) is 24.9 Å². The number of carbonyl (C=O) groups is 1. The van der Waals surface area contributed by atoms with Crippen LogP contribution in [0.2, 0.25) is 0 Å². The van der Waals surface area contributed by atoms with Crippen molar-refractivity contribution in [2.45, 2.75) is 32.1 Å². The van der Waals surface area contributed by atoms with Crippen LogP contribution in [0.5, 0.6) is 0 Å². The molecule has 0 N–H and O–H groups in total. The van der Waals surface area contributed by atoms with Gasteiger partial charge in [-0.05, 0) is 25.7 Å². The van der Waals surface area contributed by atoms with E-state index < -0.39 is 0 Å². The summed E-state index contributed by atoms with van der Waals surface area (Å²) in [6.45, 7) is 0. The molecule has 5 heteroatoms. The molecule has 5 nitrogen and oxygen atoms in total. The van der Waals surface area contributed by atoms with Gasteiger partial charge in [0, 0.05) is 18.3 Å². The first kappa shape index (κ1) is 12.0. The van der Waals surface area contributed by atoms with Crippen LogP contribution >= 0.6 is 0 Å². The Hall–Kier alpha value is -1.49. The van der Waals surface area contributed by atoms with Crippen molar-refractivity contribution >= 4 is 5.91 Å². The van der Waals surface area contributed by atoms with Gasteiger partial charge in [0.2, 0.25) is 0 Å². The fourth-order valence-electron chi connectivity index (χ4n) is 2.11. The summed E-state index contributed by atoms with van der Waals surface area (Å²) in [5.41, 5.74) is 2.51. The summed E-state index contributed by atoms with van der Waals surface area (Å²) in [6.07, 6.45) is 6.71. The van der Waals surface area contributed by atoms with Crippen molar-refractivity contribution in [3.63, 3.8) is 0 Å². The molecule has 2 rings (SSSR count). The second-order valence-electron chi connectivity index (χ2n) is 4.19. The van der Waals surface area contributed by atoms with Gasteiger partial charge in [0.25, 0.3) is 5.91 Å². The van der Waals surface area contributed by atoms with E-state index in [9.17, 15) is 4.79 Å². The van der Waals surface area contributed by atoms with Crippen LogP contribution < -0.4 is 0 Å². The topological polar surface area (TPSA) is 55.3 Å². The molecule has 0 saturated carbocycles. The van der Waals surface area contributed by atoms with Gasteiger partial charge in [-0.1, -0.05) is 6.42 Å². The van der Waals surface area contributed by atoms with Crippen LogP contribution in [0.1, 0.15) is 41.0 Å². The predicted molar refractivity (Wildman–Crippen MR) is 62.4 cm³/mol. The van der Waals surface area contributed by atoms with E-state index in [1.807, 2.05) is 0 Å². The molecule has 0 aromatic carbocycles. The Morgan fingerprint density at radius 3 is 2.82 bits per heavy atom. The van der Waals surface area contributed by atoms with Crippen LogP contribution in [-0.2, 0) is 17.7 Å². The van der Waals surface area contributed by atoms with Crippen LogP contribution in [0.3, 0.4) is 0 Å². The van der Waals surface area contributed by atoms with E-state index in [4.69, 9.17) is 4.84 Å². The van der Waals surface area contributed by atoms with E-state index in [0.717, 1.165) is 36.9 Å². The highest BCUT2D eigenvalue weighted by Crippen LogP contribution is 2.21. The Morgan fingerprint density at radius 2 is 2.06 bits per heavy atom. The minimum atomic E-state index is -0.201. The number of amides is 1. The van der Waals surface area contributed by atoms with Gasteiger partial charge in [-0.3, -0.25) is 9.63 Å². The average Bonchev–Trinajstić information content (AvgIpc) is 2.61. The Balaban J connectivity index is 2.37. The quantitative estimate of drug-likeness (QED) is 0.574. The third-order valence-corrected chi connectivity index (χ3v) is 3.14. The van der Waals surface area contributed by atoms with Crippen LogP contribution in [0, 0.1) is 0 Å². The van der Waals surface area contributed by atoms with E-state index in [-0.39, 0.29) is 5.91 Å². The maximum atomic E-state index is 12.1. The molecule has 0 aliphatic heterocycles. The lowest BCUT2D eigenvalue weighted by atomic mass is 10.1. The monoisotopic (exact) mass is 235 g/mol. The first-order valence-electron chi connectivity index (χ1n) is 5.89. The smallest absolute Gasteiger partial charge is 0.274 e. The molecule has 1 heterocycles. The number of carbonyl (C=O) groups excluding carboxylic acids is 1. The van der Waals surface area contributed by atoms with Crippen molar-refractivity contribution in [3.05, 3.63) is 23.3 Å². The zero-order valence-electron chi connectivity index (χ0n) is 10.3. The normalized spacial score (nSPS) is 14.9. The van der Waals surface area contributed by atoms with E-state index in [2.05, 4.69) is 9.97 Å². The summed E-state index contributed by atoms with van der Waals surface area (Å²) in [6, 6.07) is 0. The molecule has 0 saturated heterocycles. The van der Waals surface area contributed by atoms with Crippen molar-refractivity contribution in [1.29, 1.82) is 0 Å². The maximum absolute atomic E-state index is 12.1. The van der Waals surface area contributed by atoms with Gasteiger partial charge in [-0.2, -0.15) is 0 Å². The molecular formula is C12H17N3O2. The SMILES string of the molecule is CON(C)C(=O)c1ncnc2c1CCCCC2. The largest absolute Gasteiger partial charge is 0.296 e. The summed E-state index contributed by atoms with van der Waals surface area (Å²) in [5, 5.41) is 1.20. The minimum absolute atomic E-state index is 0.201. The van der Waals surface area contributed by atoms with Crippen LogP contribution in [0.4, 0.5) is 0 Å². The van der Waals surface area contributed by atoms with E-state index in [0.29, 0.717) is 5.69 Å². The number of hydroxylamine groups is 2. The Morgan fingerprint density at radius 1 is 1.29 bits per heavy atom. The second kappa shape index (κ2) is 5.23. The highest BCUT2D eigenvalue weighted by atomic mass is 16.7. The molecule has 1 aromatic heterocycles. The summed E-state index contributed by atoms with van der Waals surface area (Å²) >= 11 is 0. The molecule has 1 aromatic rings. The number of aromatic nitrogens is 2. The molecule has 92 valence electrons. The van der Waals surface area contributed by atoms with Gasteiger partial charge in [0.05, 0.1) is 7.11 Å². The molecule has 0 atom stereocenters. The Kier molecular flexibility index (Phi) is 3.68. The lowest BCUT2D eigenvalue weighted by Gasteiger charge is -2.15. The molecule has 0 bridgehead atoms. The molecule has 1 amide bonds. The van der Waals surface area contributed by atoms with Gasteiger partial charge in [0.1, 0.15) is 12.0 Å². The third-order valence-electron chi connectivity index (χ3n) is 3.14. The number of fused-ring (bicyclic) bond motifs is 1. The van der Waals surface area contributed by atoms with Crippen molar-refractivity contribution in [2.24, 2.45) is 0 Å². The van der Waals surface area contributed by atoms with Crippen molar-refractivity contribution in [3.8, 4) is 0 Å². The second-order valence-corrected chi connectivity index (χ2v) is 4.19. The van der Waals surface area contributed by atoms with Gasteiger partial charge in [-0.25, -0.2) is 15.0 Å². The van der Waals surface area contributed by atoms with Crippen molar-refractivity contribution in [1.82, 2.24) is 15.0 Å². The fourth-order valence-corrected chi connectivity index (χ4v) is 2.11. The molecular weight excluding hydrogens is 218 g/mol. The maximum Gasteiger partial charge on any atom is 0.296 e. The highest BCUT2D eigenvalue weighted by molar-refractivity contribution is 5.93. The number of hydrogen-bond acceptors (Lipinski definition) is 4. The van der Waals surface area contributed by atoms with E-state index in [1.54, 1.807) is 7.05 Å². The first-order valence-corrected chi connectivity index (χ1v) is 5.89. The zero-order valence-corrected chi connectivity index (χ0v) is 10.3. The van der Waals surface area contributed by atoms with Crippen molar-refractivity contribution < 1.29 is 9.63 Å². The lowest BCUT2D eigenvalue weighted by molar-refractivity contribution is -0.0761. The molecule has 17 heavy (non-hydrogen) atoms. The predicted octanol–water partition coefficient (Wildman–Crippen LogP) is 1.38. The summed E-state index contributed by atoms with van der Waals surface area (Å²) < 4.78 is 0. The van der Waals surface area contributed by atoms with Gasteiger partial charge < -0.3 is 0 Å². The Labute approximate surface area is 101 Å². The van der Waals surface area contributed by atoms with Crippen LogP contribution in [0.25, 0.3) is 0 Å². The van der Waals surface area contributed by atoms with Gasteiger partial charge in [-0.15, -0.1) is 0 Å². The number of aryl methyl sites for hydroxylation is 1. The molecule has 0 unspecified atom stereocenters. The van der Waals surface area contributed by atoms with Crippen LogP contribution in [-0.4, -0.2) is 35.1 Å². The molecule has 0 fully saturated rings. The van der Waals surface area contributed by atoms with Gasteiger partial charge in [0.15, 0.2) is 0 Å². The summed E-state index contributed by atoms with van der Waals surface area (Å²) in [7, 11) is 3.06.